The van der Waals surface area contributed by atoms with E-state index in [2.05, 4.69) is 4.98 Å². The van der Waals surface area contributed by atoms with Crippen LogP contribution in [-0.4, -0.2) is 31.3 Å². The molecule has 1 rings (SSSR count). The molecule has 0 saturated heterocycles. The van der Waals surface area contributed by atoms with Gasteiger partial charge in [0, 0.05) is 26.3 Å². The quantitative estimate of drug-likeness (QED) is 0.848. The first-order valence-corrected chi connectivity index (χ1v) is 6.09. The smallest absolute Gasteiger partial charge is 0.128 e. The minimum absolute atomic E-state index is 0.251. The summed E-state index contributed by atoms with van der Waals surface area (Å²) in [5.41, 5.74) is 6.51. The number of halogens is 1. The van der Waals surface area contributed by atoms with Crippen molar-refractivity contribution in [1.82, 2.24) is 4.98 Å². The maximum Gasteiger partial charge on any atom is 0.128 e. The molecule has 0 aliphatic heterocycles. The molecule has 0 saturated carbocycles. The Morgan fingerprint density at radius 3 is 2.82 bits per heavy atom. The van der Waals surface area contributed by atoms with E-state index in [1.165, 1.54) is 0 Å². The fourth-order valence-electron chi connectivity index (χ4n) is 1.37. The van der Waals surface area contributed by atoms with Crippen molar-refractivity contribution in [2.45, 2.75) is 26.5 Å². The molecule has 0 fully saturated rings. The highest BCUT2D eigenvalue weighted by atomic mass is 35.5. The Morgan fingerprint density at radius 1 is 1.53 bits per heavy atom. The lowest BCUT2D eigenvalue weighted by Crippen LogP contribution is -2.25. The van der Waals surface area contributed by atoms with E-state index in [1.807, 2.05) is 31.9 Å². The first kappa shape index (κ1) is 14.2. The van der Waals surface area contributed by atoms with Crippen LogP contribution in [0.2, 0.25) is 5.02 Å². The summed E-state index contributed by atoms with van der Waals surface area (Å²) in [7, 11) is 1.97. The van der Waals surface area contributed by atoms with Crippen LogP contribution >= 0.6 is 11.6 Å². The summed E-state index contributed by atoms with van der Waals surface area (Å²) in [6, 6.07) is 1.91. The van der Waals surface area contributed by atoms with E-state index in [4.69, 9.17) is 22.1 Å². The van der Waals surface area contributed by atoms with E-state index in [9.17, 15) is 0 Å². The van der Waals surface area contributed by atoms with E-state index in [1.54, 1.807) is 6.20 Å². The Kier molecular flexibility index (Phi) is 5.68. The molecule has 1 heterocycles. The second-order valence-corrected chi connectivity index (χ2v) is 4.59. The zero-order valence-electron chi connectivity index (χ0n) is 10.6. The summed E-state index contributed by atoms with van der Waals surface area (Å²) >= 11 is 5.96. The third-order valence-corrected chi connectivity index (χ3v) is 2.75. The van der Waals surface area contributed by atoms with Crippen LogP contribution in [-0.2, 0) is 11.3 Å². The van der Waals surface area contributed by atoms with Gasteiger partial charge in [-0.3, -0.25) is 0 Å². The number of nitrogens with zero attached hydrogens (tertiary/aromatic N) is 2. The Bertz CT molecular complexity index is 358. The molecular weight excluding hydrogens is 238 g/mol. The lowest BCUT2D eigenvalue weighted by atomic mass is 10.2. The zero-order valence-corrected chi connectivity index (χ0v) is 11.4. The topological polar surface area (TPSA) is 51.4 Å². The van der Waals surface area contributed by atoms with Crippen LogP contribution in [0.1, 0.15) is 19.4 Å². The van der Waals surface area contributed by atoms with Crippen LogP contribution in [0.15, 0.2) is 12.3 Å². The molecule has 0 aliphatic rings. The summed E-state index contributed by atoms with van der Waals surface area (Å²) in [4.78, 5) is 6.29. The van der Waals surface area contributed by atoms with Crippen molar-refractivity contribution in [3.63, 3.8) is 0 Å². The molecule has 0 radical (unpaired) electrons. The number of rotatable bonds is 6. The van der Waals surface area contributed by atoms with Gasteiger partial charge in [-0.1, -0.05) is 11.6 Å². The summed E-state index contributed by atoms with van der Waals surface area (Å²) in [6.45, 7) is 5.93. The van der Waals surface area contributed by atoms with Gasteiger partial charge in [0.25, 0.3) is 0 Å². The first-order valence-electron chi connectivity index (χ1n) is 5.71. The van der Waals surface area contributed by atoms with Gasteiger partial charge in [0.05, 0.1) is 17.7 Å². The minimum Gasteiger partial charge on any atom is -0.377 e. The molecule has 96 valence electrons. The molecule has 4 nitrogen and oxygen atoms in total. The molecule has 2 N–H and O–H groups in total. The maximum absolute atomic E-state index is 5.96. The second kappa shape index (κ2) is 6.79. The predicted octanol–water partition coefficient (Wildman–Crippen LogP) is 2.05. The van der Waals surface area contributed by atoms with Gasteiger partial charge in [-0.25, -0.2) is 4.98 Å². The van der Waals surface area contributed by atoms with E-state index >= 15 is 0 Å². The highest BCUT2D eigenvalue weighted by Crippen LogP contribution is 2.19. The molecule has 0 amide bonds. The Balaban J connectivity index is 2.59. The SMILES string of the molecule is CC(C)OCCN(C)c1cc(CN)c(Cl)cn1. The Labute approximate surface area is 108 Å². The monoisotopic (exact) mass is 257 g/mol. The number of aromatic nitrogens is 1. The van der Waals surface area contributed by atoms with Gasteiger partial charge in [0.2, 0.25) is 0 Å². The maximum atomic E-state index is 5.96. The van der Waals surface area contributed by atoms with E-state index < -0.39 is 0 Å². The number of ether oxygens (including phenoxy) is 1. The Morgan fingerprint density at radius 2 is 2.24 bits per heavy atom. The van der Waals surface area contributed by atoms with Crippen molar-refractivity contribution >= 4 is 17.4 Å². The molecule has 0 atom stereocenters. The van der Waals surface area contributed by atoms with E-state index in [-0.39, 0.29) is 6.10 Å². The molecule has 0 bridgehead atoms. The van der Waals surface area contributed by atoms with Gasteiger partial charge < -0.3 is 15.4 Å². The zero-order chi connectivity index (χ0) is 12.8. The highest BCUT2D eigenvalue weighted by molar-refractivity contribution is 6.31. The molecule has 5 heteroatoms. The molecule has 0 unspecified atom stereocenters. The summed E-state index contributed by atoms with van der Waals surface area (Å²) < 4.78 is 5.49. The molecule has 17 heavy (non-hydrogen) atoms. The lowest BCUT2D eigenvalue weighted by molar-refractivity contribution is 0.0845. The molecule has 0 spiro atoms. The van der Waals surface area contributed by atoms with Crippen LogP contribution < -0.4 is 10.6 Å². The fourth-order valence-corrected chi connectivity index (χ4v) is 1.55. The second-order valence-electron chi connectivity index (χ2n) is 4.18. The number of pyridine rings is 1. The van der Waals surface area contributed by atoms with Crippen LogP contribution in [0.3, 0.4) is 0 Å². The van der Waals surface area contributed by atoms with Gasteiger partial charge in [-0.15, -0.1) is 0 Å². The van der Waals surface area contributed by atoms with Crippen molar-refractivity contribution < 1.29 is 4.74 Å². The van der Waals surface area contributed by atoms with E-state index in [0.717, 1.165) is 17.9 Å². The van der Waals surface area contributed by atoms with E-state index in [0.29, 0.717) is 18.2 Å². The fraction of sp³-hybridized carbons (Fsp3) is 0.583. The summed E-state index contributed by atoms with van der Waals surface area (Å²) in [5, 5.41) is 0.614. The number of hydrogen-bond donors (Lipinski definition) is 1. The third kappa shape index (κ3) is 4.50. The van der Waals surface area contributed by atoms with Gasteiger partial charge in [0.15, 0.2) is 0 Å². The first-order chi connectivity index (χ1) is 8.04. The average Bonchev–Trinajstić information content (AvgIpc) is 2.29. The number of likely N-dealkylation sites (N-methyl/N-ethyl adjacent to an activating group) is 1. The van der Waals surface area contributed by atoms with Gasteiger partial charge in [0.1, 0.15) is 5.82 Å². The van der Waals surface area contributed by atoms with Crippen LogP contribution in [0.5, 0.6) is 0 Å². The molecule has 0 aliphatic carbocycles. The highest BCUT2D eigenvalue weighted by Gasteiger charge is 2.06. The number of nitrogens with two attached hydrogens (primary N) is 1. The minimum atomic E-state index is 0.251. The molecule has 1 aromatic heterocycles. The van der Waals surface area contributed by atoms with Gasteiger partial charge in [-0.2, -0.15) is 0 Å². The van der Waals surface area contributed by atoms with Crippen LogP contribution in [0.4, 0.5) is 5.82 Å². The normalized spacial score (nSPS) is 10.9. The largest absolute Gasteiger partial charge is 0.377 e. The standard InChI is InChI=1S/C12H20ClN3O/c1-9(2)17-5-4-16(3)12-6-10(7-14)11(13)8-15-12/h6,8-9H,4-5,7,14H2,1-3H3. The van der Waals surface area contributed by atoms with Crippen LogP contribution in [0.25, 0.3) is 0 Å². The average molecular weight is 258 g/mol. The predicted molar refractivity (Wildman–Crippen MR) is 71.5 cm³/mol. The van der Waals surface area contributed by atoms with Crippen molar-refractivity contribution in [3.05, 3.63) is 22.8 Å². The van der Waals surface area contributed by atoms with Crippen molar-refractivity contribution in [3.8, 4) is 0 Å². The van der Waals surface area contributed by atoms with Crippen molar-refractivity contribution in [2.75, 3.05) is 25.1 Å². The summed E-state index contributed by atoms with van der Waals surface area (Å²) in [5.74, 6) is 0.863. The Hall–Kier alpha value is -0.840. The number of anilines is 1. The van der Waals surface area contributed by atoms with Crippen molar-refractivity contribution in [2.24, 2.45) is 5.73 Å². The third-order valence-electron chi connectivity index (χ3n) is 2.41. The van der Waals surface area contributed by atoms with Crippen molar-refractivity contribution in [1.29, 1.82) is 0 Å². The molecular formula is C12H20ClN3O. The van der Waals surface area contributed by atoms with Gasteiger partial charge in [-0.05, 0) is 25.5 Å². The summed E-state index contributed by atoms with van der Waals surface area (Å²) in [6.07, 6.45) is 1.89. The van der Waals surface area contributed by atoms with Crippen LogP contribution in [0, 0.1) is 0 Å². The van der Waals surface area contributed by atoms with Gasteiger partial charge >= 0.3 is 0 Å². The molecule has 0 aromatic carbocycles. The number of hydrogen-bond acceptors (Lipinski definition) is 4. The molecule has 1 aromatic rings. The lowest BCUT2D eigenvalue weighted by Gasteiger charge is -2.19.